The highest BCUT2D eigenvalue weighted by molar-refractivity contribution is 8.00. The van der Waals surface area contributed by atoms with Gasteiger partial charge in [0.1, 0.15) is 5.25 Å². The van der Waals surface area contributed by atoms with Crippen LogP contribution in [0.4, 0.5) is 0 Å². The summed E-state index contributed by atoms with van der Waals surface area (Å²) in [5, 5.41) is 8.77. The lowest BCUT2D eigenvalue weighted by Crippen LogP contribution is -2.31. The Bertz CT molecular complexity index is 209. The summed E-state index contributed by atoms with van der Waals surface area (Å²) < 4.78 is 0. The minimum Gasteiger partial charge on any atom is -0.480 e. The molecule has 68 valence electrons. The summed E-state index contributed by atoms with van der Waals surface area (Å²) in [6.07, 6.45) is 1.06. The number of hydrogen-bond donors (Lipinski definition) is 1. The van der Waals surface area contributed by atoms with Gasteiger partial charge in [0.25, 0.3) is 0 Å². The molecule has 0 saturated carbocycles. The van der Waals surface area contributed by atoms with E-state index in [1.807, 2.05) is 0 Å². The van der Waals surface area contributed by atoms with Crippen LogP contribution < -0.4 is 0 Å². The molecule has 0 bridgehead atoms. The maximum atomic E-state index is 10.8. The molecule has 0 spiro atoms. The summed E-state index contributed by atoms with van der Waals surface area (Å²) in [7, 11) is 2.09. The van der Waals surface area contributed by atoms with E-state index < -0.39 is 5.97 Å². The van der Waals surface area contributed by atoms with Gasteiger partial charge in [0.15, 0.2) is 0 Å². The third-order valence-corrected chi connectivity index (χ3v) is 4.40. The maximum Gasteiger partial charge on any atom is 0.316 e. The van der Waals surface area contributed by atoms with Crippen molar-refractivity contribution in [1.82, 2.24) is 4.90 Å². The first kappa shape index (κ1) is 8.38. The summed E-state index contributed by atoms with van der Waals surface area (Å²) in [5.41, 5.74) is 0. The van der Waals surface area contributed by atoms with Gasteiger partial charge in [-0.2, -0.15) is 0 Å². The summed E-state index contributed by atoms with van der Waals surface area (Å²) in [5.74, 6) is 0.776. The molecule has 3 atom stereocenters. The standard InChI is InChI=1S/C8H13NO2S/c1-9-3-2-5-6(9)4-12-7(5)8(10)11/h5-7H,2-4H2,1H3,(H,10,11). The quantitative estimate of drug-likeness (QED) is 0.649. The molecular formula is C8H13NO2S. The monoisotopic (exact) mass is 187 g/mol. The van der Waals surface area contributed by atoms with E-state index >= 15 is 0 Å². The SMILES string of the molecule is CN1CCC2C(C(=O)O)SCC21. The summed E-state index contributed by atoms with van der Waals surface area (Å²) in [6.45, 7) is 1.07. The highest BCUT2D eigenvalue weighted by Gasteiger charge is 2.45. The summed E-state index contributed by atoms with van der Waals surface area (Å²) in [4.78, 5) is 13.1. The number of rotatable bonds is 1. The van der Waals surface area contributed by atoms with Crippen LogP contribution in [0, 0.1) is 5.92 Å². The molecular weight excluding hydrogens is 174 g/mol. The Labute approximate surface area is 76.1 Å². The third-order valence-electron chi connectivity index (χ3n) is 2.95. The minimum atomic E-state index is -0.622. The fourth-order valence-corrected chi connectivity index (χ4v) is 3.84. The fraction of sp³-hybridized carbons (Fsp3) is 0.875. The predicted molar refractivity (Wildman–Crippen MR) is 48.4 cm³/mol. The molecule has 0 aromatic carbocycles. The van der Waals surface area contributed by atoms with Gasteiger partial charge in [-0.1, -0.05) is 0 Å². The molecule has 2 aliphatic rings. The average Bonchev–Trinajstić information content (AvgIpc) is 2.53. The number of carboxylic acid groups (broad SMARTS) is 1. The van der Waals surface area contributed by atoms with Gasteiger partial charge in [-0.15, -0.1) is 11.8 Å². The van der Waals surface area contributed by atoms with Crippen molar-refractivity contribution in [2.75, 3.05) is 19.3 Å². The molecule has 0 aromatic rings. The molecule has 2 rings (SSSR count). The van der Waals surface area contributed by atoms with Gasteiger partial charge >= 0.3 is 5.97 Å². The van der Waals surface area contributed by atoms with Crippen molar-refractivity contribution >= 4 is 17.7 Å². The third kappa shape index (κ3) is 1.13. The van der Waals surface area contributed by atoms with Gasteiger partial charge < -0.3 is 10.0 Å². The first-order chi connectivity index (χ1) is 5.70. The highest BCUT2D eigenvalue weighted by Crippen LogP contribution is 2.41. The Morgan fingerprint density at radius 1 is 1.67 bits per heavy atom. The Hall–Kier alpha value is -0.220. The zero-order valence-corrected chi connectivity index (χ0v) is 7.88. The number of aliphatic carboxylic acids is 1. The number of carbonyl (C=O) groups is 1. The zero-order valence-electron chi connectivity index (χ0n) is 7.06. The molecule has 2 saturated heterocycles. The number of fused-ring (bicyclic) bond motifs is 1. The van der Waals surface area contributed by atoms with Crippen molar-refractivity contribution in [3.05, 3.63) is 0 Å². The lowest BCUT2D eigenvalue weighted by molar-refractivity contribution is -0.137. The molecule has 3 nitrogen and oxygen atoms in total. The number of nitrogens with zero attached hydrogens (tertiary/aromatic N) is 1. The van der Waals surface area contributed by atoms with Crippen LogP contribution in [0.3, 0.4) is 0 Å². The Morgan fingerprint density at radius 3 is 3.08 bits per heavy atom. The van der Waals surface area contributed by atoms with Crippen LogP contribution in [0.5, 0.6) is 0 Å². The van der Waals surface area contributed by atoms with Gasteiger partial charge in [-0.3, -0.25) is 4.79 Å². The van der Waals surface area contributed by atoms with Crippen molar-refractivity contribution in [2.45, 2.75) is 17.7 Å². The molecule has 0 amide bonds. The number of hydrogen-bond acceptors (Lipinski definition) is 3. The normalized spacial score (nSPS) is 41.6. The Kier molecular flexibility index (Phi) is 2.04. The second-order valence-electron chi connectivity index (χ2n) is 3.59. The fourth-order valence-electron chi connectivity index (χ4n) is 2.22. The molecule has 3 unspecified atom stereocenters. The van der Waals surface area contributed by atoms with Crippen molar-refractivity contribution in [3.8, 4) is 0 Å². The Morgan fingerprint density at radius 2 is 2.42 bits per heavy atom. The molecule has 2 aliphatic heterocycles. The van der Waals surface area contributed by atoms with Crippen LogP contribution in [-0.2, 0) is 4.79 Å². The molecule has 12 heavy (non-hydrogen) atoms. The summed E-state index contributed by atoms with van der Waals surface area (Å²) >= 11 is 1.61. The minimum absolute atomic E-state index is 0.139. The van der Waals surface area contributed by atoms with Crippen LogP contribution in [0.15, 0.2) is 0 Å². The van der Waals surface area contributed by atoms with Crippen LogP contribution in [-0.4, -0.2) is 46.6 Å². The Balaban J connectivity index is 2.10. The van der Waals surface area contributed by atoms with E-state index in [4.69, 9.17) is 5.11 Å². The van der Waals surface area contributed by atoms with Gasteiger partial charge in [0.05, 0.1) is 0 Å². The molecule has 1 N–H and O–H groups in total. The van der Waals surface area contributed by atoms with E-state index in [9.17, 15) is 4.79 Å². The van der Waals surface area contributed by atoms with E-state index in [0.29, 0.717) is 12.0 Å². The smallest absolute Gasteiger partial charge is 0.316 e. The molecule has 0 aromatic heterocycles. The van der Waals surface area contributed by atoms with Gasteiger partial charge in [-0.05, 0) is 25.9 Å². The van der Waals surface area contributed by atoms with Crippen molar-refractivity contribution in [3.63, 3.8) is 0 Å². The van der Waals surface area contributed by atoms with Crippen molar-refractivity contribution in [1.29, 1.82) is 0 Å². The van der Waals surface area contributed by atoms with E-state index in [2.05, 4.69) is 11.9 Å². The molecule has 0 radical (unpaired) electrons. The maximum absolute atomic E-state index is 10.8. The second-order valence-corrected chi connectivity index (χ2v) is 4.77. The first-order valence-electron chi connectivity index (χ1n) is 4.25. The zero-order chi connectivity index (χ0) is 8.72. The lowest BCUT2D eigenvalue weighted by Gasteiger charge is -2.17. The largest absolute Gasteiger partial charge is 0.480 e. The molecule has 2 heterocycles. The second kappa shape index (κ2) is 2.92. The predicted octanol–water partition coefficient (Wildman–Crippen LogP) is 0.507. The first-order valence-corrected chi connectivity index (χ1v) is 5.29. The lowest BCUT2D eigenvalue weighted by atomic mass is 9.98. The van der Waals surface area contributed by atoms with Crippen LogP contribution in [0.2, 0.25) is 0 Å². The summed E-state index contributed by atoms with van der Waals surface area (Å²) in [6, 6.07) is 0.524. The number of likely N-dealkylation sites (tertiary alicyclic amines) is 1. The molecule has 4 heteroatoms. The number of thioether (sulfide) groups is 1. The van der Waals surface area contributed by atoms with E-state index in [1.165, 1.54) is 0 Å². The van der Waals surface area contributed by atoms with Crippen molar-refractivity contribution in [2.24, 2.45) is 5.92 Å². The highest BCUT2D eigenvalue weighted by atomic mass is 32.2. The van der Waals surface area contributed by atoms with Crippen LogP contribution in [0.1, 0.15) is 6.42 Å². The van der Waals surface area contributed by atoms with Crippen LogP contribution in [0.25, 0.3) is 0 Å². The van der Waals surface area contributed by atoms with Gasteiger partial charge in [0, 0.05) is 11.8 Å². The number of carboxylic acids is 1. The van der Waals surface area contributed by atoms with E-state index in [0.717, 1.165) is 18.7 Å². The molecule has 0 aliphatic carbocycles. The van der Waals surface area contributed by atoms with Crippen LogP contribution >= 0.6 is 11.8 Å². The van der Waals surface area contributed by atoms with E-state index in [-0.39, 0.29) is 5.25 Å². The van der Waals surface area contributed by atoms with Gasteiger partial charge in [-0.25, -0.2) is 0 Å². The average molecular weight is 187 g/mol. The topological polar surface area (TPSA) is 40.5 Å². The van der Waals surface area contributed by atoms with Gasteiger partial charge in [0.2, 0.25) is 0 Å². The van der Waals surface area contributed by atoms with Crippen molar-refractivity contribution < 1.29 is 9.90 Å². The molecule has 2 fully saturated rings. The van der Waals surface area contributed by atoms with E-state index in [1.54, 1.807) is 11.8 Å².